The summed E-state index contributed by atoms with van der Waals surface area (Å²) in [5.41, 5.74) is 0.0956. The van der Waals surface area contributed by atoms with E-state index in [0.29, 0.717) is 24.8 Å². The normalized spacial score (nSPS) is 42.9. The molecule has 0 bridgehead atoms. The number of fused-ring (bicyclic) bond motifs is 2. The fraction of sp³-hybridized carbons (Fsp3) is 0.737. The molecule has 1 heterocycles. The Hall–Kier alpha value is -1.85. The maximum Gasteiger partial charge on any atom is 0.334 e. The number of hydrogen-bond donors (Lipinski definition) is 0. The topological polar surface area (TPSA) is 78.9 Å². The number of esters is 3. The molecule has 6 heteroatoms. The van der Waals surface area contributed by atoms with Crippen LogP contribution >= 0.6 is 0 Å². The fourth-order valence-corrected chi connectivity index (χ4v) is 5.39. The zero-order valence-corrected chi connectivity index (χ0v) is 15.2. The summed E-state index contributed by atoms with van der Waals surface area (Å²) in [4.78, 5) is 35.2. The second-order valence-corrected chi connectivity index (χ2v) is 8.01. The second-order valence-electron chi connectivity index (χ2n) is 8.01. The van der Waals surface area contributed by atoms with Crippen molar-refractivity contribution >= 4 is 17.9 Å². The Labute approximate surface area is 147 Å². The molecule has 2 aliphatic carbocycles. The summed E-state index contributed by atoms with van der Waals surface area (Å²) in [6.07, 6.45) is 0.957. The van der Waals surface area contributed by atoms with Gasteiger partial charge in [0.2, 0.25) is 0 Å². The third-order valence-corrected chi connectivity index (χ3v) is 6.26. The quantitative estimate of drug-likeness (QED) is 0.432. The van der Waals surface area contributed by atoms with Gasteiger partial charge in [-0.05, 0) is 18.8 Å². The van der Waals surface area contributed by atoms with E-state index < -0.39 is 5.41 Å². The number of carbonyl (C=O) groups excluding carboxylic acids is 3. The summed E-state index contributed by atoms with van der Waals surface area (Å²) < 4.78 is 16.7. The van der Waals surface area contributed by atoms with E-state index in [1.807, 2.05) is 0 Å². The Bertz CT molecular complexity index is 625. The molecule has 0 aromatic rings. The van der Waals surface area contributed by atoms with Crippen molar-refractivity contribution in [3.63, 3.8) is 0 Å². The highest BCUT2D eigenvalue weighted by molar-refractivity contribution is 5.90. The lowest BCUT2D eigenvalue weighted by molar-refractivity contribution is -0.153. The summed E-state index contributed by atoms with van der Waals surface area (Å²) in [5.74, 6) is -0.897. The molecule has 3 fully saturated rings. The van der Waals surface area contributed by atoms with Gasteiger partial charge < -0.3 is 14.2 Å². The van der Waals surface area contributed by atoms with Gasteiger partial charge in [0.25, 0.3) is 0 Å². The van der Waals surface area contributed by atoms with Gasteiger partial charge in [0.1, 0.15) is 18.3 Å². The Balaban J connectivity index is 1.98. The predicted octanol–water partition coefficient (Wildman–Crippen LogP) is 2.40. The highest BCUT2D eigenvalue weighted by atomic mass is 16.6. The van der Waals surface area contributed by atoms with Crippen LogP contribution in [0.1, 0.15) is 47.0 Å². The lowest BCUT2D eigenvalue weighted by Crippen LogP contribution is -2.40. The molecule has 2 saturated carbocycles. The average Bonchev–Trinajstić information content (AvgIpc) is 2.82. The second kappa shape index (κ2) is 6.15. The van der Waals surface area contributed by atoms with Crippen LogP contribution < -0.4 is 0 Å². The van der Waals surface area contributed by atoms with Crippen LogP contribution in [0.4, 0.5) is 0 Å². The van der Waals surface area contributed by atoms with Crippen molar-refractivity contribution in [2.24, 2.45) is 23.2 Å². The van der Waals surface area contributed by atoms with E-state index in [4.69, 9.17) is 14.2 Å². The van der Waals surface area contributed by atoms with Gasteiger partial charge in [0, 0.05) is 43.1 Å². The summed E-state index contributed by atoms with van der Waals surface area (Å²) in [6, 6.07) is 0. The number of ether oxygens (including phenoxy) is 3. The summed E-state index contributed by atoms with van der Waals surface area (Å²) >= 11 is 0. The van der Waals surface area contributed by atoms with Gasteiger partial charge in [0.15, 0.2) is 0 Å². The van der Waals surface area contributed by atoms with Crippen LogP contribution in [0, 0.1) is 23.2 Å². The minimum atomic E-state index is -0.401. The summed E-state index contributed by atoms with van der Waals surface area (Å²) in [6.45, 7) is 10.9. The molecule has 1 aliphatic heterocycles. The SMILES string of the molecule is C=C1C(=O)O[C@H]2C[C@@H](C)[C@@H]3[C@@H](OC(C)=O)C[C@@H](OC(C)=O)[C@@]3(C)C[C@H]12. The molecule has 6 nitrogen and oxygen atoms in total. The lowest BCUT2D eigenvalue weighted by Gasteiger charge is -2.39. The molecule has 0 spiro atoms. The van der Waals surface area contributed by atoms with Crippen LogP contribution in [-0.4, -0.2) is 36.2 Å². The largest absolute Gasteiger partial charge is 0.462 e. The van der Waals surface area contributed by atoms with Crippen molar-refractivity contribution in [1.29, 1.82) is 0 Å². The molecule has 0 N–H and O–H groups in total. The van der Waals surface area contributed by atoms with E-state index in [1.165, 1.54) is 13.8 Å². The van der Waals surface area contributed by atoms with Crippen LogP contribution in [0.5, 0.6) is 0 Å². The zero-order chi connectivity index (χ0) is 18.5. The standard InChI is InChI=1S/C19H26O6/c1-9-6-14-13(10(2)18(22)25-14)8-19(5)16(24-12(4)21)7-15(17(9)19)23-11(3)20/h9,13-17H,2,6-8H2,1,3-5H3/t9-,13-,14+,15+,16-,17-,19-/m1/s1. The maximum atomic E-state index is 11.9. The first kappa shape index (κ1) is 18.0. The molecule has 0 radical (unpaired) electrons. The van der Waals surface area contributed by atoms with E-state index in [1.54, 1.807) is 0 Å². The van der Waals surface area contributed by atoms with Gasteiger partial charge >= 0.3 is 17.9 Å². The Morgan fingerprint density at radius 3 is 2.44 bits per heavy atom. The molecule has 3 rings (SSSR count). The molecule has 25 heavy (non-hydrogen) atoms. The smallest absolute Gasteiger partial charge is 0.334 e. The fourth-order valence-electron chi connectivity index (χ4n) is 5.39. The van der Waals surface area contributed by atoms with Gasteiger partial charge in [-0.2, -0.15) is 0 Å². The Morgan fingerprint density at radius 2 is 1.84 bits per heavy atom. The highest BCUT2D eigenvalue weighted by Crippen LogP contribution is 2.58. The Morgan fingerprint density at radius 1 is 1.20 bits per heavy atom. The van der Waals surface area contributed by atoms with Gasteiger partial charge in [-0.1, -0.05) is 20.4 Å². The van der Waals surface area contributed by atoms with Gasteiger partial charge in [-0.25, -0.2) is 4.79 Å². The van der Waals surface area contributed by atoms with Crippen molar-refractivity contribution < 1.29 is 28.6 Å². The molecule has 3 aliphatic rings. The van der Waals surface area contributed by atoms with Crippen molar-refractivity contribution in [3.8, 4) is 0 Å². The van der Waals surface area contributed by atoms with Gasteiger partial charge in [0.05, 0.1) is 0 Å². The average molecular weight is 350 g/mol. The third-order valence-electron chi connectivity index (χ3n) is 6.26. The maximum absolute atomic E-state index is 11.9. The van der Waals surface area contributed by atoms with Crippen LogP contribution in [0.15, 0.2) is 12.2 Å². The molecule has 0 aromatic heterocycles. The van der Waals surface area contributed by atoms with Crippen LogP contribution in [-0.2, 0) is 28.6 Å². The molecule has 0 amide bonds. The first-order valence-electron chi connectivity index (χ1n) is 8.87. The molecule has 138 valence electrons. The van der Waals surface area contributed by atoms with E-state index in [-0.39, 0.29) is 54.0 Å². The first-order valence-corrected chi connectivity index (χ1v) is 8.87. The number of rotatable bonds is 2. The monoisotopic (exact) mass is 350 g/mol. The van der Waals surface area contributed by atoms with E-state index in [9.17, 15) is 14.4 Å². The highest BCUT2D eigenvalue weighted by Gasteiger charge is 2.61. The van der Waals surface area contributed by atoms with Crippen LogP contribution in [0.3, 0.4) is 0 Å². The van der Waals surface area contributed by atoms with Crippen molar-refractivity contribution in [2.45, 2.75) is 65.3 Å². The summed E-state index contributed by atoms with van der Waals surface area (Å²) in [7, 11) is 0. The molecule has 1 saturated heterocycles. The van der Waals surface area contributed by atoms with E-state index in [2.05, 4.69) is 20.4 Å². The Kier molecular flexibility index (Phi) is 4.41. The molecular weight excluding hydrogens is 324 g/mol. The number of hydrogen-bond acceptors (Lipinski definition) is 6. The summed E-state index contributed by atoms with van der Waals surface area (Å²) in [5, 5.41) is 0. The van der Waals surface area contributed by atoms with Gasteiger partial charge in [-0.3, -0.25) is 9.59 Å². The first-order chi connectivity index (χ1) is 11.6. The number of carbonyl (C=O) groups is 3. The third kappa shape index (κ3) is 2.96. The van der Waals surface area contributed by atoms with Crippen LogP contribution in [0.25, 0.3) is 0 Å². The van der Waals surface area contributed by atoms with Crippen molar-refractivity contribution in [2.75, 3.05) is 0 Å². The molecule has 0 unspecified atom stereocenters. The molecule has 0 aromatic carbocycles. The van der Waals surface area contributed by atoms with E-state index >= 15 is 0 Å². The van der Waals surface area contributed by atoms with Crippen molar-refractivity contribution in [3.05, 3.63) is 12.2 Å². The van der Waals surface area contributed by atoms with Crippen molar-refractivity contribution in [1.82, 2.24) is 0 Å². The lowest BCUT2D eigenvalue weighted by atomic mass is 9.69. The molecular formula is C19H26O6. The van der Waals surface area contributed by atoms with Gasteiger partial charge in [-0.15, -0.1) is 0 Å². The van der Waals surface area contributed by atoms with E-state index in [0.717, 1.165) is 0 Å². The minimum Gasteiger partial charge on any atom is -0.462 e. The van der Waals surface area contributed by atoms with Crippen LogP contribution in [0.2, 0.25) is 0 Å². The predicted molar refractivity (Wildman–Crippen MR) is 88.2 cm³/mol. The minimum absolute atomic E-state index is 0.0397. The zero-order valence-electron chi connectivity index (χ0n) is 15.2. The molecule has 7 atom stereocenters.